The van der Waals surface area contributed by atoms with Gasteiger partial charge in [0.25, 0.3) is 11.7 Å². The third-order valence-electron chi connectivity index (χ3n) is 5.71. The van der Waals surface area contributed by atoms with Crippen LogP contribution in [0.3, 0.4) is 0 Å². The van der Waals surface area contributed by atoms with Gasteiger partial charge in [0.15, 0.2) is 11.5 Å². The number of benzene rings is 1. The summed E-state index contributed by atoms with van der Waals surface area (Å²) in [5.74, 6) is -0.992. The molecule has 3 heterocycles. The van der Waals surface area contributed by atoms with Crippen LogP contribution in [0.1, 0.15) is 34.1 Å². The molecule has 1 saturated heterocycles. The van der Waals surface area contributed by atoms with Crippen molar-refractivity contribution >= 4 is 17.4 Å². The molecule has 0 radical (unpaired) electrons. The van der Waals surface area contributed by atoms with E-state index in [0.29, 0.717) is 34.0 Å². The standard InChI is InChI=1S/C24H24N4O5/c1-13-18(14(2)27-26-13)21(29)19-20(16-8-5-9-17(32-3)23(16)33-4)28(24(31)22(19)30)12-15-7-6-10-25-11-15/h5-11,20,29H,12H2,1-4H3,(H,26,27)/b21-19+/t20-/m1/s1. The maximum Gasteiger partial charge on any atom is 0.295 e. The highest BCUT2D eigenvalue weighted by atomic mass is 16.5. The number of likely N-dealkylation sites (tertiary alicyclic amines) is 1. The van der Waals surface area contributed by atoms with Crippen LogP contribution in [0.5, 0.6) is 11.5 Å². The van der Waals surface area contributed by atoms with Crippen LogP contribution in [-0.4, -0.2) is 51.1 Å². The molecule has 1 aromatic carbocycles. The number of hydrogen-bond donors (Lipinski definition) is 2. The van der Waals surface area contributed by atoms with E-state index in [-0.39, 0.29) is 17.9 Å². The number of para-hydroxylation sites is 1. The molecule has 1 fully saturated rings. The van der Waals surface area contributed by atoms with E-state index >= 15 is 0 Å². The number of hydrogen-bond acceptors (Lipinski definition) is 7. The number of rotatable bonds is 6. The van der Waals surface area contributed by atoms with Crippen LogP contribution in [0.25, 0.3) is 5.76 Å². The van der Waals surface area contributed by atoms with Crippen LogP contribution in [0, 0.1) is 13.8 Å². The number of Topliss-reactive ketones (excluding diaryl/α,β-unsaturated/α-hetero) is 1. The molecule has 170 valence electrons. The Balaban J connectivity index is 1.97. The largest absolute Gasteiger partial charge is 0.507 e. The number of H-pyrrole nitrogens is 1. The summed E-state index contributed by atoms with van der Waals surface area (Å²) in [7, 11) is 2.99. The number of aromatic amines is 1. The number of aromatic nitrogens is 3. The van der Waals surface area contributed by atoms with Gasteiger partial charge in [0.05, 0.1) is 37.1 Å². The fourth-order valence-electron chi connectivity index (χ4n) is 4.22. The van der Waals surface area contributed by atoms with Gasteiger partial charge in [-0.3, -0.25) is 19.7 Å². The summed E-state index contributed by atoms with van der Waals surface area (Å²) in [5.41, 5.74) is 2.70. The maximum absolute atomic E-state index is 13.3. The monoisotopic (exact) mass is 448 g/mol. The number of aliphatic hydroxyl groups excluding tert-OH is 1. The third kappa shape index (κ3) is 3.71. The second-order valence-corrected chi connectivity index (χ2v) is 7.68. The quantitative estimate of drug-likeness (QED) is 0.338. The van der Waals surface area contributed by atoms with E-state index < -0.39 is 17.7 Å². The number of carbonyl (C=O) groups excluding carboxylic acids is 2. The molecule has 0 spiro atoms. The number of ether oxygens (including phenoxy) is 2. The van der Waals surface area contributed by atoms with E-state index in [0.717, 1.165) is 5.56 Å². The Morgan fingerprint density at radius 2 is 1.94 bits per heavy atom. The number of nitrogens with zero attached hydrogens (tertiary/aromatic N) is 3. The molecular formula is C24H24N4O5. The molecule has 3 aromatic rings. The Morgan fingerprint density at radius 3 is 2.55 bits per heavy atom. The summed E-state index contributed by atoms with van der Waals surface area (Å²) in [6.07, 6.45) is 3.26. The zero-order chi connectivity index (χ0) is 23.7. The van der Waals surface area contributed by atoms with E-state index in [1.807, 2.05) is 6.07 Å². The van der Waals surface area contributed by atoms with Crippen molar-refractivity contribution < 1.29 is 24.2 Å². The number of pyridine rings is 1. The Bertz CT molecular complexity index is 1230. The van der Waals surface area contributed by atoms with Crippen LogP contribution < -0.4 is 9.47 Å². The highest BCUT2D eigenvalue weighted by Crippen LogP contribution is 2.46. The lowest BCUT2D eigenvalue weighted by atomic mass is 9.93. The molecule has 9 nitrogen and oxygen atoms in total. The fourth-order valence-corrected chi connectivity index (χ4v) is 4.22. The van der Waals surface area contributed by atoms with Crippen molar-refractivity contribution in [1.82, 2.24) is 20.1 Å². The minimum atomic E-state index is -0.913. The Labute approximate surface area is 190 Å². The van der Waals surface area contributed by atoms with Gasteiger partial charge in [-0.15, -0.1) is 0 Å². The van der Waals surface area contributed by atoms with Crippen molar-refractivity contribution in [3.8, 4) is 11.5 Å². The first kappa shape index (κ1) is 22.1. The van der Waals surface area contributed by atoms with Crippen molar-refractivity contribution in [2.75, 3.05) is 14.2 Å². The smallest absolute Gasteiger partial charge is 0.295 e. The van der Waals surface area contributed by atoms with E-state index in [9.17, 15) is 14.7 Å². The molecule has 1 atom stereocenters. The normalized spacial score (nSPS) is 17.5. The van der Waals surface area contributed by atoms with Gasteiger partial charge in [-0.25, -0.2) is 0 Å². The maximum atomic E-state index is 13.3. The number of ketones is 1. The van der Waals surface area contributed by atoms with Gasteiger partial charge in [-0.1, -0.05) is 18.2 Å². The van der Waals surface area contributed by atoms with Crippen LogP contribution >= 0.6 is 0 Å². The number of nitrogens with one attached hydrogen (secondary N) is 1. The summed E-state index contributed by atoms with van der Waals surface area (Å²) < 4.78 is 11.0. The van der Waals surface area contributed by atoms with Gasteiger partial charge in [-0.2, -0.15) is 5.10 Å². The Kier molecular flexibility index (Phi) is 5.87. The highest BCUT2D eigenvalue weighted by Gasteiger charge is 2.47. The minimum absolute atomic E-state index is 0.0388. The molecule has 0 unspecified atom stereocenters. The first-order valence-electron chi connectivity index (χ1n) is 10.3. The number of aliphatic hydroxyl groups is 1. The zero-order valence-corrected chi connectivity index (χ0v) is 18.7. The predicted molar refractivity (Wildman–Crippen MR) is 120 cm³/mol. The molecule has 2 aromatic heterocycles. The van der Waals surface area contributed by atoms with Crippen molar-refractivity contribution in [3.05, 3.63) is 76.4 Å². The predicted octanol–water partition coefficient (Wildman–Crippen LogP) is 3.06. The van der Waals surface area contributed by atoms with Gasteiger partial charge < -0.3 is 19.5 Å². The SMILES string of the molecule is COc1cccc([C@@H]2/C(=C(\O)c3c(C)n[nH]c3C)C(=O)C(=O)N2Cc2cccnc2)c1OC. The van der Waals surface area contributed by atoms with Crippen molar-refractivity contribution in [1.29, 1.82) is 0 Å². The Morgan fingerprint density at radius 1 is 1.15 bits per heavy atom. The van der Waals surface area contributed by atoms with Crippen LogP contribution in [0.15, 0.2) is 48.3 Å². The molecule has 4 rings (SSSR count). The van der Waals surface area contributed by atoms with Crippen LogP contribution in [0.2, 0.25) is 0 Å². The summed E-state index contributed by atoms with van der Waals surface area (Å²) in [5, 5.41) is 18.2. The van der Waals surface area contributed by atoms with Crippen molar-refractivity contribution in [2.24, 2.45) is 0 Å². The van der Waals surface area contributed by atoms with Gasteiger partial charge in [-0.05, 0) is 31.5 Å². The van der Waals surface area contributed by atoms with Crippen LogP contribution in [0.4, 0.5) is 0 Å². The lowest BCUT2D eigenvalue weighted by Crippen LogP contribution is -2.29. The van der Waals surface area contributed by atoms with Gasteiger partial charge in [0.1, 0.15) is 5.76 Å². The molecule has 1 aliphatic rings. The first-order valence-corrected chi connectivity index (χ1v) is 10.3. The molecule has 2 N–H and O–H groups in total. The number of amides is 1. The number of carbonyl (C=O) groups is 2. The van der Waals surface area contributed by atoms with Gasteiger partial charge in [0.2, 0.25) is 0 Å². The highest BCUT2D eigenvalue weighted by molar-refractivity contribution is 6.46. The fraction of sp³-hybridized carbons (Fsp3) is 0.250. The average molecular weight is 448 g/mol. The van der Waals surface area contributed by atoms with E-state index in [2.05, 4.69) is 15.2 Å². The van der Waals surface area contributed by atoms with Gasteiger partial charge >= 0.3 is 0 Å². The lowest BCUT2D eigenvalue weighted by molar-refractivity contribution is -0.140. The third-order valence-corrected chi connectivity index (χ3v) is 5.71. The topological polar surface area (TPSA) is 118 Å². The zero-order valence-electron chi connectivity index (χ0n) is 18.7. The molecule has 0 bridgehead atoms. The first-order chi connectivity index (χ1) is 15.9. The Hall–Kier alpha value is -4.14. The van der Waals surface area contributed by atoms with E-state index in [1.165, 1.54) is 19.1 Å². The lowest BCUT2D eigenvalue weighted by Gasteiger charge is -2.27. The van der Waals surface area contributed by atoms with Gasteiger partial charge in [0, 0.05) is 30.2 Å². The molecular weight excluding hydrogens is 424 g/mol. The average Bonchev–Trinajstić information content (AvgIpc) is 3.29. The second-order valence-electron chi connectivity index (χ2n) is 7.68. The summed E-state index contributed by atoms with van der Waals surface area (Å²) in [6.45, 7) is 3.57. The molecule has 1 amide bonds. The summed E-state index contributed by atoms with van der Waals surface area (Å²) in [6, 6.07) is 7.87. The molecule has 1 aliphatic heterocycles. The molecule has 9 heteroatoms. The minimum Gasteiger partial charge on any atom is -0.507 e. The van der Waals surface area contributed by atoms with Crippen molar-refractivity contribution in [3.63, 3.8) is 0 Å². The molecule has 33 heavy (non-hydrogen) atoms. The second kappa shape index (κ2) is 8.78. The number of methoxy groups -OCH3 is 2. The van der Waals surface area contributed by atoms with E-state index in [1.54, 1.807) is 50.5 Å². The molecule has 0 saturated carbocycles. The number of aryl methyl sites for hydroxylation is 2. The molecule has 0 aliphatic carbocycles. The van der Waals surface area contributed by atoms with Crippen molar-refractivity contribution in [2.45, 2.75) is 26.4 Å². The van der Waals surface area contributed by atoms with Crippen LogP contribution in [-0.2, 0) is 16.1 Å². The summed E-state index contributed by atoms with van der Waals surface area (Å²) in [4.78, 5) is 32.0. The summed E-state index contributed by atoms with van der Waals surface area (Å²) >= 11 is 0. The van der Waals surface area contributed by atoms with E-state index in [4.69, 9.17) is 9.47 Å².